The first-order valence-corrected chi connectivity index (χ1v) is 6.42. The van der Waals surface area contributed by atoms with Crippen LogP contribution in [0.15, 0.2) is 24.4 Å². The molecule has 98 valence electrons. The fourth-order valence-corrected chi connectivity index (χ4v) is 1.98. The van der Waals surface area contributed by atoms with Crippen molar-refractivity contribution in [1.82, 2.24) is 19.9 Å². The number of nitrogens with one attached hydrogen (secondary N) is 1. The van der Waals surface area contributed by atoms with Crippen LogP contribution in [0, 0.1) is 5.92 Å². The van der Waals surface area contributed by atoms with E-state index in [1.807, 2.05) is 18.2 Å². The van der Waals surface area contributed by atoms with E-state index in [0.29, 0.717) is 23.5 Å². The molecule has 1 atom stereocenters. The zero-order chi connectivity index (χ0) is 13.2. The fraction of sp³-hybridized carbons (Fsp3) is 0.385. The summed E-state index contributed by atoms with van der Waals surface area (Å²) in [6, 6.07) is 5.95. The minimum atomic E-state index is 0.209. The van der Waals surface area contributed by atoms with E-state index in [2.05, 4.69) is 32.2 Å². The second-order valence-electron chi connectivity index (χ2n) is 4.83. The van der Waals surface area contributed by atoms with Crippen LogP contribution >= 0.6 is 0 Å². The Bertz CT molecular complexity index is 567. The molecule has 3 rings (SSSR count). The molecule has 2 heterocycles. The van der Waals surface area contributed by atoms with Crippen LogP contribution < -0.4 is 11.1 Å². The first-order valence-electron chi connectivity index (χ1n) is 6.42. The van der Waals surface area contributed by atoms with Crippen LogP contribution in [0.4, 0.5) is 11.9 Å². The van der Waals surface area contributed by atoms with Crippen molar-refractivity contribution in [3.8, 4) is 11.5 Å². The van der Waals surface area contributed by atoms with Gasteiger partial charge in [-0.25, -0.2) is 0 Å². The van der Waals surface area contributed by atoms with Crippen LogP contribution in [0.5, 0.6) is 0 Å². The molecule has 6 heteroatoms. The van der Waals surface area contributed by atoms with Gasteiger partial charge in [-0.05, 0) is 37.8 Å². The van der Waals surface area contributed by atoms with Gasteiger partial charge in [-0.15, -0.1) is 0 Å². The molecule has 1 aliphatic carbocycles. The normalized spacial score (nSPS) is 16.1. The molecule has 0 saturated heterocycles. The number of pyridine rings is 1. The van der Waals surface area contributed by atoms with E-state index in [0.717, 1.165) is 5.92 Å². The molecule has 0 bridgehead atoms. The van der Waals surface area contributed by atoms with Crippen LogP contribution in [0.2, 0.25) is 0 Å². The molecule has 0 aliphatic heterocycles. The van der Waals surface area contributed by atoms with Gasteiger partial charge in [0.15, 0.2) is 5.82 Å². The summed E-state index contributed by atoms with van der Waals surface area (Å²) in [5, 5.41) is 3.28. The van der Waals surface area contributed by atoms with Crippen LogP contribution in [-0.4, -0.2) is 26.0 Å². The fourth-order valence-electron chi connectivity index (χ4n) is 1.98. The van der Waals surface area contributed by atoms with E-state index in [9.17, 15) is 0 Å². The maximum Gasteiger partial charge on any atom is 0.228 e. The van der Waals surface area contributed by atoms with Gasteiger partial charge in [-0.2, -0.15) is 15.0 Å². The molecule has 0 amide bonds. The summed E-state index contributed by atoms with van der Waals surface area (Å²) in [7, 11) is 0. The Morgan fingerprint density at radius 2 is 2.11 bits per heavy atom. The number of nitrogens with zero attached hydrogens (tertiary/aromatic N) is 4. The minimum Gasteiger partial charge on any atom is -0.368 e. The molecule has 2 aromatic heterocycles. The van der Waals surface area contributed by atoms with Crippen molar-refractivity contribution in [2.24, 2.45) is 5.92 Å². The highest BCUT2D eigenvalue weighted by atomic mass is 15.2. The Morgan fingerprint density at radius 3 is 2.79 bits per heavy atom. The van der Waals surface area contributed by atoms with E-state index in [1.165, 1.54) is 12.8 Å². The molecule has 1 saturated carbocycles. The number of rotatable bonds is 4. The topological polar surface area (TPSA) is 89.6 Å². The molecule has 3 N–H and O–H groups in total. The van der Waals surface area contributed by atoms with Gasteiger partial charge < -0.3 is 11.1 Å². The van der Waals surface area contributed by atoms with Crippen LogP contribution in [-0.2, 0) is 0 Å². The number of hydrogen-bond donors (Lipinski definition) is 2. The first kappa shape index (κ1) is 11.8. The summed E-state index contributed by atoms with van der Waals surface area (Å²) >= 11 is 0. The van der Waals surface area contributed by atoms with E-state index < -0.39 is 0 Å². The first-order chi connectivity index (χ1) is 9.22. The van der Waals surface area contributed by atoms with E-state index in [-0.39, 0.29) is 5.95 Å². The standard InChI is InChI=1S/C13H16N6/c1-8(9-5-6-9)16-13-18-11(17-12(14)19-13)10-4-2-3-7-15-10/h2-4,7-9H,5-6H2,1H3,(H3,14,16,17,18,19). The van der Waals surface area contributed by atoms with Crippen LogP contribution in [0.3, 0.4) is 0 Å². The SMILES string of the molecule is CC(Nc1nc(N)nc(-c2ccccn2)n1)C1CC1. The van der Waals surface area contributed by atoms with E-state index >= 15 is 0 Å². The average Bonchev–Trinajstić information content (AvgIpc) is 3.23. The lowest BCUT2D eigenvalue weighted by atomic mass is 10.2. The monoisotopic (exact) mass is 256 g/mol. The van der Waals surface area contributed by atoms with Crippen molar-refractivity contribution >= 4 is 11.9 Å². The summed E-state index contributed by atoms with van der Waals surface area (Å²) in [6.45, 7) is 2.14. The van der Waals surface area contributed by atoms with Crippen LogP contribution in [0.25, 0.3) is 11.5 Å². The number of nitrogen functional groups attached to an aromatic ring is 1. The molecule has 0 aromatic carbocycles. The molecular formula is C13H16N6. The summed E-state index contributed by atoms with van der Waals surface area (Å²) in [5.74, 6) is 1.95. The van der Waals surface area contributed by atoms with Crippen molar-refractivity contribution in [2.45, 2.75) is 25.8 Å². The molecule has 0 spiro atoms. The molecule has 6 nitrogen and oxygen atoms in total. The molecule has 2 aromatic rings. The maximum atomic E-state index is 5.73. The Hall–Kier alpha value is -2.24. The largest absolute Gasteiger partial charge is 0.368 e. The highest BCUT2D eigenvalue weighted by Gasteiger charge is 2.28. The number of anilines is 2. The summed E-state index contributed by atoms with van der Waals surface area (Å²) < 4.78 is 0. The second kappa shape index (κ2) is 4.79. The molecule has 0 radical (unpaired) electrons. The third-order valence-corrected chi connectivity index (χ3v) is 3.23. The highest BCUT2D eigenvalue weighted by Crippen LogP contribution is 2.33. The van der Waals surface area contributed by atoms with Crippen molar-refractivity contribution < 1.29 is 0 Å². The Kier molecular flexibility index (Phi) is 2.98. The maximum absolute atomic E-state index is 5.73. The number of nitrogens with two attached hydrogens (primary N) is 1. The van der Waals surface area contributed by atoms with E-state index in [1.54, 1.807) is 6.20 Å². The second-order valence-corrected chi connectivity index (χ2v) is 4.83. The summed E-state index contributed by atoms with van der Waals surface area (Å²) in [6.07, 6.45) is 4.24. The van der Waals surface area contributed by atoms with Gasteiger partial charge >= 0.3 is 0 Å². The van der Waals surface area contributed by atoms with Crippen molar-refractivity contribution in [1.29, 1.82) is 0 Å². The molecule has 1 aliphatic rings. The average molecular weight is 256 g/mol. The van der Waals surface area contributed by atoms with Gasteiger partial charge in [0.2, 0.25) is 11.9 Å². The molecule has 1 unspecified atom stereocenters. The Balaban J connectivity index is 1.87. The smallest absolute Gasteiger partial charge is 0.228 e. The van der Waals surface area contributed by atoms with E-state index in [4.69, 9.17) is 5.73 Å². The third kappa shape index (κ3) is 2.78. The van der Waals surface area contributed by atoms with Crippen molar-refractivity contribution in [3.05, 3.63) is 24.4 Å². The van der Waals surface area contributed by atoms with Gasteiger partial charge in [-0.1, -0.05) is 6.07 Å². The lowest BCUT2D eigenvalue weighted by Crippen LogP contribution is -2.20. The van der Waals surface area contributed by atoms with Gasteiger partial charge in [0.1, 0.15) is 5.69 Å². The minimum absolute atomic E-state index is 0.209. The lowest BCUT2D eigenvalue weighted by molar-refractivity contribution is 0.685. The zero-order valence-corrected chi connectivity index (χ0v) is 10.7. The predicted octanol–water partition coefficient (Wildman–Crippen LogP) is 1.73. The van der Waals surface area contributed by atoms with Crippen LogP contribution in [0.1, 0.15) is 19.8 Å². The lowest BCUT2D eigenvalue weighted by Gasteiger charge is -2.13. The highest BCUT2D eigenvalue weighted by molar-refractivity contribution is 5.52. The Morgan fingerprint density at radius 1 is 1.26 bits per heavy atom. The van der Waals surface area contributed by atoms with Crippen molar-refractivity contribution in [3.63, 3.8) is 0 Å². The molecule has 19 heavy (non-hydrogen) atoms. The molecule has 1 fully saturated rings. The van der Waals surface area contributed by atoms with Gasteiger partial charge in [0, 0.05) is 12.2 Å². The summed E-state index contributed by atoms with van der Waals surface area (Å²) in [5.41, 5.74) is 6.43. The number of aromatic nitrogens is 4. The van der Waals surface area contributed by atoms with Gasteiger partial charge in [-0.3, -0.25) is 4.98 Å². The van der Waals surface area contributed by atoms with Gasteiger partial charge in [0.25, 0.3) is 0 Å². The van der Waals surface area contributed by atoms with Crippen molar-refractivity contribution in [2.75, 3.05) is 11.1 Å². The van der Waals surface area contributed by atoms with Gasteiger partial charge in [0.05, 0.1) is 0 Å². The number of hydrogen-bond acceptors (Lipinski definition) is 6. The summed E-state index contributed by atoms with van der Waals surface area (Å²) in [4.78, 5) is 16.9. The Labute approximate surface area is 111 Å². The zero-order valence-electron chi connectivity index (χ0n) is 10.7. The predicted molar refractivity (Wildman–Crippen MR) is 73.3 cm³/mol. The quantitative estimate of drug-likeness (QED) is 0.865. The third-order valence-electron chi connectivity index (χ3n) is 3.23. The molecular weight excluding hydrogens is 240 g/mol.